The van der Waals surface area contributed by atoms with Crippen LogP contribution >= 0.6 is 0 Å². The number of hydrazone groups is 1. The van der Waals surface area contributed by atoms with Gasteiger partial charge in [0.05, 0.1) is 6.21 Å². The van der Waals surface area contributed by atoms with Crippen LogP contribution in [0, 0.1) is 0 Å². The number of hydrogen-bond donors (Lipinski definition) is 1. The number of pyridine rings is 1. The van der Waals surface area contributed by atoms with Crippen molar-refractivity contribution in [1.29, 1.82) is 0 Å². The molecule has 0 spiro atoms. The molecule has 0 aliphatic heterocycles. The van der Waals surface area contributed by atoms with Gasteiger partial charge >= 0.3 is 0 Å². The Kier molecular flexibility index (Phi) is 5.46. The first-order valence-electron chi connectivity index (χ1n) is 7.41. The number of ether oxygens (including phenoxy) is 1. The van der Waals surface area contributed by atoms with E-state index in [1.54, 1.807) is 30.7 Å². The van der Waals surface area contributed by atoms with Gasteiger partial charge in [0.15, 0.2) is 6.61 Å². The molecule has 0 unspecified atom stereocenters. The van der Waals surface area contributed by atoms with Gasteiger partial charge in [0.2, 0.25) is 0 Å². The van der Waals surface area contributed by atoms with Crippen LogP contribution in [0.2, 0.25) is 0 Å². The minimum Gasteiger partial charge on any atom is -0.483 e. The summed E-state index contributed by atoms with van der Waals surface area (Å²) in [5.74, 6) is 0.410. The Hall–Kier alpha value is -2.69. The fraction of sp³-hybridized carbons (Fsp3) is 0.278. The number of aromatic nitrogens is 1. The Morgan fingerprint density at radius 3 is 2.61 bits per heavy atom. The molecule has 0 aliphatic rings. The second kappa shape index (κ2) is 7.54. The SMILES string of the molecule is CC(C)(C)c1ccccc1OCC(=O)N/N=C\c1ccncc1. The molecular formula is C18H21N3O2. The molecule has 1 aromatic carbocycles. The molecule has 0 fully saturated rings. The quantitative estimate of drug-likeness (QED) is 0.682. The summed E-state index contributed by atoms with van der Waals surface area (Å²) in [4.78, 5) is 15.7. The van der Waals surface area contributed by atoms with Crippen LogP contribution < -0.4 is 10.2 Å². The Morgan fingerprint density at radius 2 is 1.91 bits per heavy atom. The first-order chi connectivity index (χ1) is 11.0. The van der Waals surface area contributed by atoms with Gasteiger partial charge < -0.3 is 4.74 Å². The highest BCUT2D eigenvalue weighted by Crippen LogP contribution is 2.30. The van der Waals surface area contributed by atoms with Gasteiger partial charge in [-0.05, 0) is 34.7 Å². The number of benzene rings is 1. The highest BCUT2D eigenvalue weighted by Gasteiger charge is 2.18. The van der Waals surface area contributed by atoms with Crippen LogP contribution in [-0.4, -0.2) is 23.7 Å². The van der Waals surface area contributed by atoms with Crippen LogP contribution in [0.25, 0.3) is 0 Å². The van der Waals surface area contributed by atoms with Crippen LogP contribution in [0.1, 0.15) is 31.9 Å². The zero-order valence-electron chi connectivity index (χ0n) is 13.6. The topological polar surface area (TPSA) is 63.6 Å². The predicted octanol–water partition coefficient (Wildman–Crippen LogP) is 2.91. The van der Waals surface area contributed by atoms with Gasteiger partial charge in [-0.2, -0.15) is 5.10 Å². The number of amides is 1. The van der Waals surface area contributed by atoms with E-state index in [1.807, 2.05) is 24.3 Å². The number of carbonyl (C=O) groups is 1. The van der Waals surface area contributed by atoms with Crippen molar-refractivity contribution in [3.05, 3.63) is 59.9 Å². The molecule has 1 N–H and O–H groups in total. The van der Waals surface area contributed by atoms with E-state index in [-0.39, 0.29) is 17.9 Å². The van der Waals surface area contributed by atoms with Gasteiger partial charge in [0.1, 0.15) is 5.75 Å². The van der Waals surface area contributed by atoms with Crippen molar-refractivity contribution < 1.29 is 9.53 Å². The fourth-order valence-electron chi connectivity index (χ4n) is 2.02. The lowest BCUT2D eigenvalue weighted by Crippen LogP contribution is -2.25. The highest BCUT2D eigenvalue weighted by molar-refractivity contribution is 5.82. The predicted molar refractivity (Wildman–Crippen MR) is 90.6 cm³/mol. The maximum atomic E-state index is 11.8. The molecule has 23 heavy (non-hydrogen) atoms. The third kappa shape index (κ3) is 5.21. The zero-order valence-corrected chi connectivity index (χ0v) is 13.6. The standard InChI is InChI=1S/C18H21N3O2/c1-18(2,3)15-6-4-5-7-16(15)23-13-17(22)21-20-12-14-8-10-19-11-9-14/h4-12H,13H2,1-3H3,(H,21,22)/b20-12-. The zero-order chi connectivity index (χ0) is 16.7. The molecule has 0 bridgehead atoms. The van der Waals surface area contributed by atoms with Gasteiger partial charge in [-0.3, -0.25) is 9.78 Å². The molecule has 5 nitrogen and oxygen atoms in total. The van der Waals surface area contributed by atoms with E-state index in [9.17, 15) is 4.79 Å². The van der Waals surface area contributed by atoms with Crippen LogP contribution in [0.15, 0.2) is 53.9 Å². The second-order valence-corrected chi connectivity index (χ2v) is 6.11. The van der Waals surface area contributed by atoms with Gasteiger partial charge in [-0.1, -0.05) is 39.0 Å². The lowest BCUT2D eigenvalue weighted by molar-refractivity contribution is -0.123. The molecule has 5 heteroatoms. The molecule has 0 saturated heterocycles. The fourth-order valence-corrected chi connectivity index (χ4v) is 2.02. The van der Waals surface area contributed by atoms with Crippen LogP contribution in [0.3, 0.4) is 0 Å². The number of hydrogen-bond acceptors (Lipinski definition) is 4. The van der Waals surface area contributed by atoms with Crippen LogP contribution in [-0.2, 0) is 10.2 Å². The molecule has 1 heterocycles. The first-order valence-corrected chi connectivity index (χ1v) is 7.41. The van der Waals surface area contributed by atoms with Crippen molar-refractivity contribution in [1.82, 2.24) is 10.4 Å². The average Bonchev–Trinajstić information content (AvgIpc) is 2.53. The summed E-state index contributed by atoms with van der Waals surface area (Å²) in [7, 11) is 0. The molecule has 2 aromatic rings. The molecule has 2 rings (SSSR count). The van der Waals surface area contributed by atoms with E-state index < -0.39 is 0 Å². The molecule has 0 atom stereocenters. The van der Waals surface area contributed by atoms with Crippen molar-refractivity contribution in [2.45, 2.75) is 26.2 Å². The van der Waals surface area contributed by atoms with Gasteiger partial charge in [-0.25, -0.2) is 5.43 Å². The lowest BCUT2D eigenvalue weighted by atomic mass is 9.86. The Labute approximate surface area is 136 Å². The van der Waals surface area contributed by atoms with E-state index in [0.717, 1.165) is 11.1 Å². The Bertz CT molecular complexity index is 676. The van der Waals surface area contributed by atoms with E-state index in [4.69, 9.17) is 4.74 Å². The van der Waals surface area contributed by atoms with Crippen molar-refractivity contribution in [2.24, 2.45) is 5.10 Å². The maximum absolute atomic E-state index is 11.8. The summed E-state index contributed by atoms with van der Waals surface area (Å²) in [6.45, 7) is 6.23. The second-order valence-electron chi connectivity index (χ2n) is 6.11. The van der Waals surface area contributed by atoms with Crippen molar-refractivity contribution >= 4 is 12.1 Å². The van der Waals surface area contributed by atoms with Gasteiger partial charge in [-0.15, -0.1) is 0 Å². The average molecular weight is 311 g/mol. The summed E-state index contributed by atoms with van der Waals surface area (Å²) in [6.07, 6.45) is 4.88. The Morgan fingerprint density at radius 1 is 1.22 bits per heavy atom. The minimum atomic E-state index is -0.306. The van der Waals surface area contributed by atoms with Crippen LogP contribution in [0.5, 0.6) is 5.75 Å². The number of rotatable bonds is 5. The summed E-state index contributed by atoms with van der Waals surface area (Å²) in [5.41, 5.74) is 4.32. The number of carbonyl (C=O) groups excluding carboxylic acids is 1. The molecule has 120 valence electrons. The molecule has 0 aliphatic carbocycles. The molecule has 0 saturated carbocycles. The van der Waals surface area contributed by atoms with E-state index in [1.165, 1.54) is 0 Å². The Balaban J connectivity index is 1.89. The van der Waals surface area contributed by atoms with Crippen LogP contribution in [0.4, 0.5) is 0 Å². The van der Waals surface area contributed by atoms with Gasteiger partial charge in [0, 0.05) is 12.4 Å². The van der Waals surface area contributed by atoms with E-state index in [2.05, 4.69) is 36.3 Å². The smallest absolute Gasteiger partial charge is 0.277 e. The monoisotopic (exact) mass is 311 g/mol. The number of nitrogens with one attached hydrogen (secondary N) is 1. The summed E-state index contributed by atoms with van der Waals surface area (Å²) >= 11 is 0. The van der Waals surface area contributed by atoms with E-state index in [0.29, 0.717) is 5.75 Å². The van der Waals surface area contributed by atoms with Crippen molar-refractivity contribution in [3.8, 4) is 5.75 Å². The third-order valence-corrected chi connectivity index (χ3v) is 3.16. The minimum absolute atomic E-state index is 0.0490. The lowest BCUT2D eigenvalue weighted by Gasteiger charge is -2.22. The summed E-state index contributed by atoms with van der Waals surface area (Å²) in [5, 5.41) is 3.89. The number of para-hydroxylation sites is 1. The maximum Gasteiger partial charge on any atom is 0.277 e. The van der Waals surface area contributed by atoms with E-state index >= 15 is 0 Å². The highest BCUT2D eigenvalue weighted by atomic mass is 16.5. The van der Waals surface area contributed by atoms with Gasteiger partial charge in [0.25, 0.3) is 5.91 Å². The number of nitrogens with zero attached hydrogens (tertiary/aromatic N) is 2. The first kappa shape index (κ1) is 16.7. The van der Waals surface area contributed by atoms with Crippen molar-refractivity contribution in [2.75, 3.05) is 6.61 Å². The summed E-state index contributed by atoms with van der Waals surface area (Å²) in [6, 6.07) is 11.3. The third-order valence-electron chi connectivity index (χ3n) is 3.16. The molecular weight excluding hydrogens is 290 g/mol. The largest absolute Gasteiger partial charge is 0.483 e. The van der Waals surface area contributed by atoms with Crippen molar-refractivity contribution in [3.63, 3.8) is 0 Å². The summed E-state index contributed by atoms with van der Waals surface area (Å²) < 4.78 is 5.63. The normalized spacial score (nSPS) is 11.4. The molecule has 1 amide bonds. The molecule has 0 radical (unpaired) electrons. The molecule has 1 aromatic heterocycles.